The van der Waals surface area contributed by atoms with Crippen LogP contribution < -0.4 is 5.32 Å². The first kappa shape index (κ1) is 14.6. The SMILES string of the molecule is CCCNc1nc(-c2nccs2)nc(CCC)c1I. The highest BCUT2D eigenvalue weighted by Gasteiger charge is 2.13. The van der Waals surface area contributed by atoms with Gasteiger partial charge < -0.3 is 5.32 Å². The number of aryl methyl sites for hydroxylation is 1. The molecular weight excluding hydrogens is 371 g/mol. The van der Waals surface area contributed by atoms with Crippen LogP contribution in [0.4, 0.5) is 5.82 Å². The third kappa shape index (κ3) is 3.62. The second-order valence-corrected chi connectivity index (χ2v) is 6.14. The molecule has 2 aromatic heterocycles. The molecule has 2 heterocycles. The van der Waals surface area contributed by atoms with Crippen molar-refractivity contribution in [2.75, 3.05) is 11.9 Å². The third-order valence-corrected chi connectivity index (χ3v) is 4.48. The molecule has 4 nitrogen and oxygen atoms in total. The monoisotopic (exact) mass is 388 g/mol. The van der Waals surface area contributed by atoms with Crippen LogP contribution in [0.1, 0.15) is 32.4 Å². The minimum absolute atomic E-state index is 0.734. The lowest BCUT2D eigenvalue weighted by Gasteiger charge is -2.11. The van der Waals surface area contributed by atoms with Crippen LogP contribution in [0.25, 0.3) is 10.8 Å². The third-order valence-electron chi connectivity index (χ3n) is 2.57. The van der Waals surface area contributed by atoms with Gasteiger partial charge in [0.25, 0.3) is 0 Å². The maximum absolute atomic E-state index is 4.66. The molecule has 0 saturated carbocycles. The van der Waals surface area contributed by atoms with Crippen molar-refractivity contribution in [2.45, 2.75) is 33.1 Å². The van der Waals surface area contributed by atoms with Crippen molar-refractivity contribution in [3.05, 3.63) is 20.8 Å². The van der Waals surface area contributed by atoms with Gasteiger partial charge in [-0.15, -0.1) is 11.3 Å². The molecule has 0 saturated heterocycles. The molecule has 0 aliphatic rings. The van der Waals surface area contributed by atoms with Gasteiger partial charge in [0.15, 0.2) is 10.8 Å². The molecule has 1 N–H and O–H groups in total. The summed E-state index contributed by atoms with van der Waals surface area (Å²) in [4.78, 5) is 13.6. The fourth-order valence-corrected chi connectivity index (χ4v) is 2.96. The Kier molecular flexibility index (Phi) is 5.50. The van der Waals surface area contributed by atoms with Crippen LogP contribution in [0.5, 0.6) is 0 Å². The number of anilines is 1. The normalized spacial score (nSPS) is 10.7. The number of nitrogens with one attached hydrogen (secondary N) is 1. The van der Waals surface area contributed by atoms with Crippen molar-refractivity contribution < 1.29 is 0 Å². The van der Waals surface area contributed by atoms with Gasteiger partial charge in [0.1, 0.15) is 5.82 Å². The van der Waals surface area contributed by atoms with Crippen LogP contribution in [0.2, 0.25) is 0 Å². The zero-order valence-electron chi connectivity index (χ0n) is 11.1. The van der Waals surface area contributed by atoms with Crippen LogP contribution in [0.3, 0.4) is 0 Å². The Bertz CT molecular complexity index is 528. The Balaban J connectivity index is 2.41. The van der Waals surface area contributed by atoms with E-state index in [1.54, 1.807) is 17.5 Å². The Hall–Kier alpha value is -0.760. The van der Waals surface area contributed by atoms with E-state index in [2.05, 4.69) is 56.7 Å². The molecule has 0 aliphatic heterocycles. The van der Waals surface area contributed by atoms with Crippen LogP contribution in [-0.4, -0.2) is 21.5 Å². The average molecular weight is 388 g/mol. The minimum atomic E-state index is 0.734. The molecule has 6 heteroatoms. The first-order valence-electron chi connectivity index (χ1n) is 6.46. The van der Waals surface area contributed by atoms with Crippen LogP contribution in [0.15, 0.2) is 11.6 Å². The highest BCUT2D eigenvalue weighted by Crippen LogP contribution is 2.25. The van der Waals surface area contributed by atoms with Crippen molar-refractivity contribution in [3.63, 3.8) is 0 Å². The maximum Gasteiger partial charge on any atom is 0.190 e. The molecule has 0 atom stereocenters. The van der Waals surface area contributed by atoms with E-state index >= 15 is 0 Å². The number of nitrogens with zero attached hydrogens (tertiary/aromatic N) is 3. The standard InChI is InChI=1S/C13H17IN4S/c1-3-5-9-10(14)11(15-6-4-2)18-12(17-9)13-16-7-8-19-13/h7-8H,3-6H2,1-2H3,(H,15,17,18). The molecule has 0 bridgehead atoms. The minimum Gasteiger partial charge on any atom is -0.369 e. The quantitative estimate of drug-likeness (QED) is 0.761. The number of rotatable bonds is 6. The topological polar surface area (TPSA) is 50.7 Å². The molecule has 0 amide bonds. The number of hydrogen-bond donors (Lipinski definition) is 1. The summed E-state index contributed by atoms with van der Waals surface area (Å²) in [6.45, 7) is 5.24. The van der Waals surface area contributed by atoms with Gasteiger partial charge in [0, 0.05) is 18.1 Å². The molecule has 2 aromatic rings. The Morgan fingerprint density at radius 3 is 2.74 bits per heavy atom. The van der Waals surface area contributed by atoms with E-state index in [1.807, 2.05) is 5.38 Å². The van der Waals surface area contributed by atoms with E-state index in [4.69, 9.17) is 0 Å². The summed E-state index contributed by atoms with van der Waals surface area (Å²) < 4.78 is 1.13. The van der Waals surface area contributed by atoms with Gasteiger partial charge >= 0.3 is 0 Å². The van der Waals surface area contributed by atoms with Crippen LogP contribution in [-0.2, 0) is 6.42 Å². The second kappa shape index (κ2) is 7.14. The molecule has 0 unspecified atom stereocenters. The van der Waals surface area contributed by atoms with Crippen LogP contribution >= 0.6 is 33.9 Å². The average Bonchev–Trinajstić information content (AvgIpc) is 2.94. The van der Waals surface area contributed by atoms with Gasteiger partial charge in [-0.05, 0) is 35.4 Å². The lowest BCUT2D eigenvalue weighted by atomic mass is 10.2. The van der Waals surface area contributed by atoms with Crippen molar-refractivity contribution >= 4 is 39.7 Å². The van der Waals surface area contributed by atoms with Gasteiger partial charge in [-0.3, -0.25) is 0 Å². The molecular formula is C13H17IN4S. The summed E-state index contributed by atoms with van der Waals surface area (Å²) in [5.41, 5.74) is 1.11. The van der Waals surface area contributed by atoms with E-state index in [0.717, 1.165) is 51.7 Å². The summed E-state index contributed by atoms with van der Waals surface area (Å²) in [6.07, 6.45) is 4.92. The van der Waals surface area contributed by atoms with E-state index in [9.17, 15) is 0 Å². The number of aromatic nitrogens is 3. The number of hydrogen-bond acceptors (Lipinski definition) is 5. The number of thiazole rings is 1. The molecule has 0 spiro atoms. The Morgan fingerprint density at radius 1 is 1.26 bits per heavy atom. The molecule has 2 rings (SSSR count). The lowest BCUT2D eigenvalue weighted by molar-refractivity contribution is 0.863. The van der Waals surface area contributed by atoms with E-state index in [-0.39, 0.29) is 0 Å². The van der Waals surface area contributed by atoms with Gasteiger partial charge in [-0.2, -0.15) is 0 Å². The maximum atomic E-state index is 4.66. The fourth-order valence-electron chi connectivity index (χ4n) is 1.69. The highest BCUT2D eigenvalue weighted by molar-refractivity contribution is 14.1. The van der Waals surface area contributed by atoms with Gasteiger partial charge in [-0.1, -0.05) is 20.3 Å². The molecule has 0 radical (unpaired) electrons. The van der Waals surface area contributed by atoms with Crippen molar-refractivity contribution in [3.8, 4) is 10.8 Å². The zero-order chi connectivity index (χ0) is 13.7. The summed E-state index contributed by atoms with van der Waals surface area (Å²) in [5, 5.41) is 6.22. The summed E-state index contributed by atoms with van der Waals surface area (Å²) in [5.74, 6) is 1.67. The Morgan fingerprint density at radius 2 is 2.11 bits per heavy atom. The molecule has 0 aromatic carbocycles. The van der Waals surface area contributed by atoms with E-state index in [0.29, 0.717) is 0 Å². The van der Waals surface area contributed by atoms with Crippen molar-refractivity contribution in [2.24, 2.45) is 0 Å². The summed E-state index contributed by atoms with van der Waals surface area (Å²) in [6, 6.07) is 0. The lowest BCUT2D eigenvalue weighted by Crippen LogP contribution is -2.09. The Labute approximate surface area is 131 Å². The van der Waals surface area contributed by atoms with Gasteiger partial charge in [0.05, 0.1) is 9.26 Å². The highest BCUT2D eigenvalue weighted by atomic mass is 127. The summed E-state index contributed by atoms with van der Waals surface area (Å²) >= 11 is 3.91. The summed E-state index contributed by atoms with van der Waals surface area (Å²) in [7, 11) is 0. The predicted molar refractivity (Wildman–Crippen MR) is 88.6 cm³/mol. The van der Waals surface area contributed by atoms with Crippen molar-refractivity contribution in [1.29, 1.82) is 0 Å². The van der Waals surface area contributed by atoms with Crippen LogP contribution in [0, 0.1) is 3.57 Å². The van der Waals surface area contributed by atoms with Crippen molar-refractivity contribution in [1.82, 2.24) is 15.0 Å². The van der Waals surface area contributed by atoms with Gasteiger partial charge in [-0.25, -0.2) is 15.0 Å². The largest absolute Gasteiger partial charge is 0.369 e. The zero-order valence-corrected chi connectivity index (χ0v) is 14.1. The fraction of sp³-hybridized carbons (Fsp3) is 0.462. The first-order chi connectivity index (χ1) is 9.26. The van der Waals surface area contributed by atoms with E-state index < -0.39 is 0 Å². The smallest absolute Gasteiger partial charge is 0.190 e. The first-order valence-corrected chi connectivity index (χ1v) is 8.42. The number of halogens is 1. The molecule has 19 heavy (non-hydrogen) atoms. The molecule has 102 valence electrons. The van der Waals surface area contributed by atoms with E-state index in [1.165, 1.54) is 0 Å². The second-order valence-electron chi connectivity index (χ2n) is 4.17. The van der Waals surface area contributed by atoms with Gasteiger partial charge in [0.2, 0.25) is 0 Å². The predicted octanol–water partition coefficient (Wildman–Crippen LogP) is 3.98. The molecule has 0 fully saturated rings. The molecule has 0 aliphatic carbocycles.